The van der Waals surface area contributed by atoms with Gasteiger partial charge in [-0.3, -0.25) is 5.41 Å². The molecule has 5 heteroatoms. The summed E-state index contributed by atoms with van der Waals surface area (Å²) in [6.45, 7) is 0. The van der Waals surface area contributed by atoms with Gasteiger partial charge in [-0.05, 0) is 24.3 Å². The summed E-state index contributed by atoms with van der Waals surface area (Å²) in [7, 11) is 0. The Bertz CT molecular complexity index is 543. The summed E-state index contributed by atoms with van der Waals surface area (Å²) >= 11 is 7.60. The molecule has 0 spiro atoms. The molecule has 0 saturated carbocycles. The molecule has 2 rings (SSSR count). The third-order valence-corrected chi connectivity index (χ3v) is 3.55. The van der Waals surface area contributed by atoms with Crippen LogP contribution in [0.15, 0.2) is 52.5 Å². The maximum atomic E-state index is 7.32. The number of rotatable bonds is 3. The van der Waals surface area contributed by atoms with Crippen molar-refractivity contribution in [1.82, 2.24) is 4.98 Å². The third kappa shape index (κ3) is 2.99. The topological polar surface area (TPSA) is 62.8 Å². The summed E-state index contributed by atoms with van der Waals surface area (Å²) in [5, 5.41) is 8.78. The van der Waals surface area contributed by atoms with E-state index in [2.05, 4.69) is 4.98 Å². The maximum Gasteiger partial charge on any atom is 0.122 e. The van der Waals surface area contributed by atoms with Crippen molar-refractivity contribution >= 4 is 29.2 Å². The van der Waals surface area contributed by atoms with Crippen LogP contribution >= 0.6 is 23.4 Å². The Hall–Kier alpha value is -1.52. The fourth-order valence-corrected chi connectivity index (χ4v) is 2.35. The van der Waals surface area contributed by atoms with Crippen molar-refractivity contribution in [2.24, 2.45) is 5.73 Å². The highest BCUT2D eigenvalue weighted by molar-refractivity contribution is 7.99. The summed E-state index contributed by atoms with van der Waals surface area (Å²) in [4.78, 5) is 5.11. The van der Waals surface area contributed by atoms with E-state index in [4.69, 9.17) is 22.7 Å². The van der Waals surface area contributed by atoms with Crippen LogP contribution in [0, 0.1) is 5.41 Å². The average Bonchev–Trinajstić information content (AvgIpc) is 2.33. The second kappa shape index (κ2) is 5.21. The smallest absolute Gasteiger partial charge is 0.122 e. The van der Waals surface area contributed by atoms with Crippen LogP contribution in [-0.4, -0.2) is 10.8 Å². The van der Waals surface area contributed by atoms with Gasteiger partial charge in [0, 0.05) is 16.7 Å². The molecule has 0 radical (unpaired) electrons. The Morgan fingerprint density at radius 1 is 1.29 bits per heavy atom. The predicted molar refractivity (Wildman–Crippen MR) is 70.8 cm³/mol. The van der Waals surface area contributed by atoms with Crippen LogP contribution in [0.3, 0.4) is 0 Å². The molecular formula is C12H10ClN3S. The number of aromatic nitrogens is 1. The van der Waals surface area contributed by atoms with Gasteiger partial charge in [-0.25, -0.2) is 4.98 Å². The second-order valence-corrected chi connectivity index (χ2v) is 4.80. The van der Waals surface area contributed by atoms with E-state index >= 15 is 0 Å². The van der Waals surface area contributed by atoms with Crippen LogP contribution in [0.5, 0.6) is 0 Å². The lowest BCUT2D eigenvalue weighted by molar-refractivity contribution is 1.13. The van der Waals surface area contributed by atoms with Crippen molar-refractivity contribution in [2.45, 2.75) is 9.92 Å². The number of nitrogens with zero attached hydrogens (tertiary/aromatic N) is 1. The Morgan fingerprint density at radius 3 is 2.71 bits per heavy atom. The molecule has 2 aromatic rings. The Balaban J connectivity index is 2.26. The molecule has 0 saturated heterocycles. The number of hydrogen-bond acceptors (Lipinski definition) is 3. The van der Waals surface area contributed by atoms with Gasteiger partial charge >= 0.3 is 0 Å². The number of benzene rings is 1. The Labute approximate surface area is 109 Å². The Morgan fingerprint density at radius 2 is 2.12 bits per heavy atom. The molecule has 0 aliphatic rings. The van der Waals surface area contributed by atoms with E-state index < -0.39 is 0 Å². The zero-order chi connectivity index (χ0) is 12.3. The van der Waals surface area contributed by atoms with Gasteiger partial charge in [0.25, 0.3) is 0 Å². The number of nitrogens with one attached hydrogen (secondary N) is 1. The van der Waals surface area contributed by atoms with Crippen molar-refractivity contribution in [3.63, 3.8) is 0 Å². The Kier molecular flexibility index (Phi) is 3.66. The molecule has 0 aliphatic heterocycles. The maximum absolute atomic E-state index is 7.32. The fourth-order valence-electron chi connectivity index (χ4n) is 1.27. The predicted octanol–water partition coefficient (Wildman–Crippen LogP) is 3.17. The van der Waals surface area contributed by atoms with Gasteiger partial charge in [-0.15, -0.1) is 0 Å². The normalized spacial score (nSPS) is 10.2. The second-order valence-electron chi connectivity index (χ2n) is 3.33. The standard InChI is InChI=1S/C12H10ClN3S/c13-9-7-8(12(14)15)4-5-10(9)17-11-3-1-2-6-16-11/h1-7H,(H3,14,15). The van der Waals surface area contributed by atoms with Crippen LogP contribution in [0.4, 0.5) is 0 Å². The minimum atomic E-state index is 0.0151. The van der Waals surface area contributed by atoms with Crippen molar-refractivity contribution < 1.29 is 0 Å². The SMILES string of the molecule is N=C(N)c1ccc(Sc2ccccn2)c(Cl)c1. The monoisotopic (exact) mass is 263 g/mol. The largest absolute Gasteiger partial charge is 0.384 e. The summed E-state index contributed by atoms with van der Waals surface area (Å²) in [5.74, 6) is 0.0151. The molecule has 1 aromatic heterocycles. The zero-order valence-electron chi connectivity index (χ0n) is 8.85. The number of nitrogen functional groups attached to an aromatic ring is 1. The van der Waals surface area contributed by atoms with Gasteiger partial charge in [0.05, 0.1) is 5.02 Å². The number of hydrogen-bond donors (Lipinski definition) is 2. The average molecular weight is 264 g/mol. The molecular weight excluding hydrogens is 254 g/mol. The first-order chi connectivity index (χ1) is 8.16. The lowest BCUT2D eigenvalue weighted by Crippen LogP contribution is -2.10. The van der Waals surface area contributed by atoms with Crippen molar-refractivity contribution in [2.75, 3.05) is 0 Å². The van der Waals surface area contributed by atoms with E-state index in [1.807, 2.05) is 24.3 Å². The quantitative estimate of drug-likeness (QED) is 0.660. The van der Waals surface area contributed by atoms with Crippen LogP contribution in [-0.2, 0) is 0 Å². The summed E-state index contributed by atoms with van der Waals surface area (Å²) in [5.41, 5.74) is 6.02. The highest BCUT2D eigenvalue weighted by Gasteiger charge is 2.05. The van der Waals surface area contributed by atoms with Crippen LogP contribution in [0.1, 0.15) is 5.56 Å². The molecule has 3 N–H and O–H groups in total. The molecule has 0 fully saturated rings. The van der Waals surface area contributed by atoms with E-state index in [0.717, 1.165) is 9.92 Å². The lowest BCUT2D eigenvalue weighted by atomic mass is 10.2. The molecule has 0 amide bonds. The molecule has 86 valence electrons. The number of amidine groups is 1. The van der Waals surface area contributed by atoms with E-state index in [0.29, 0.717) is 10.6 Å². The first kappa shape index (κ1) is 12.0. The fraction of sp³-hybridized carbons (Fsp3) is 0. The highest BCUT2D eigenvalue weighted by Crippen LogP contribution is 2.32. The van der Waals surface area contributed by atoms with Crippen LogP contribution in [0.2, 0.25) is 5.02 Å². The van der Waals surface area contributed by atoms with Gasteiger partial charge in [0.15, 0.2) is 0 Å². The minimum absolute atomic E-state index is 0.0151. The van der Waals surface area contributed by atoms with Gasteiger partial charge in [0.1, 0.15) is 10.9 Å². The molecule has 17 heavy (non-hydrogen) atoms. The van der Waals surface area contributed by atoms with Gasteiger partial charge in [0.2, 0.25) is 0 Å². The van der Waals surface area contributed by atoms with Crippen molar-refractivity contribution in [1.29, 1.82) is 5.41 Å². The minimum Gasteiger partial charge on any atom is -0.384 e. The van der Waals surface area contributed by atoms with Gasteiger partial charge in [-0.1, -0.05) is 35.5 Å². The first-order valence-electron chi connectivity index (χ1n) is 4.89. The van der Waals surface area contributed by atoms with Crippen molar-refractivity contribution in [3.8, 4) is 0 Å². The molecule has 0 aliphatic carbocycles. The van der Waals surface area contributed by atoms with E-state index in [1.165, 1.54) is 11.8 Å². The molecule has 3 nitrogen and oxygen atoms in total. The first-order valence-corrected chi connectivity index (χ1v) is 6.09. The molecule has 0 bridgehead atoms. The lowest BCUT2D eigenvalue weighted by Gasteiger charge is -2.05. The van der Waals surface area contributed by atoms with E-state index in [1.54, 1.807) is 18.3 Å². The van der Waals surface area contributed by atoms with Crippen molar-refractivity contribution in [3.05, 3.63) is 53.2 Å². The van der Waals surface area contributed by atoms with Gasteiger partial charge in [-0.2, -0.15) is 0 Å². The summed E-state index contributed by atoms with van der Waals surface area (Å²) < 4.78 is 0. The number of nitrogens with two attached hydrogens (primary N) is 1. The summed E-state index contributed by atoms with van der Waals surface area (Å²) in [6.07, 6.45) is 1.74. The zero-order valence-corrected chi connectivity index (χ0v) is 10.4. The molecule has 1 heterocycles. The van der Waals surface area contributed by atoms with Crippen LogP contribution < -0.4 is 5.73 Å². The van der Waals surface area contributed by atoms with Crippen LogP contribution in [0.25, 0.3) is 0 Å². The van der Waals surface area contributed by atoms with E-state index in [-0.39, 0.29) is 5.84 Å². The molecule has 1 aromatic carbocycles. The van der Waals surface area contributed by atoms with Gasteiger partial charge < -0.3 is 5.73 Å². The highest BCUT2D eigenvalue weighted by atomic mass is 35.5. The third-order valence-electron chi connectivity index (χ3n) is 2.10. The molecule has 0 unspecified atom stereocenters. The number of pyridine rings is 1. The molecule has 0 atom stereocenters. The number of halogens is 1. The summed E-state index contributed by atoms with van der Waals surface area (Å²) in [6, 6.07) is 11.0. The van der Waals surface area contributed by atoms with E-state index in [9.17, 15) is 0 Å².